The number of para-hydroxylation sites is 1. The number of carbonyl (C=O) groups is 1. The molecule has 6 nitrogen and oxygen atoms in total. The predicted octanol–water partition coefficient (Wildman–Crippen LogP) is 2.31. The largest absolute Gasteiger partial charge is 0.378 e. The highest BCUT2D eigenvalue weighted by Gasteiger charge is 2.20. The first-order valence-corrected chi connectivity index (χ1v) is 7.69. The molecule has 1 aliphatic rings. The number of aryl methyl sites for hydroxylation is 2. The molecule has 1 aliphatic heterocycles. The third-order valence-electron chi connectivity index (χ3n) is 3.76. The van der Waals surface area contributed by atoms with E-state index in [1.54, 1.807) is 11.0 Å². The Hall–Kier alpha value is -2.47. The van der Waals surface area contributed by atoms with Crippen molar-refractivity contribution in [2.75, 3.05) is 31.6 Å². The Kier molecular flexibility index (Phi) is 4.52. The van der Waals surface area contributed by atoms with Crippen LogP contribution in [0.5, 0.6) is 0 Å². The van der Waals surface area contributed by atoms with E-state index in [2.05, 4.69) is 15.3 Å². The van der Waals surface area contributed by atoms with E-state index in [-0.39, 0.29) is 5.91 Å². The molecule has 1 aromatic carbocycles. The van der Waals surface area contributed by atoms with Crippen molar-refractivity contribution in [1.82, 2.24) is 14.9 Å². The number of nitrogens with zero attached hydrogens (tertiary/aromatic N) is 3. The van der Waals surface area contributed by atoms with Crippen molar-refractivity contribution in [3.05, 3.63) is 47.3 Å². The summed E-state index contributed by atoms with van der Waals surface area (Å²) in [5, 5.41) is 3.19. The van der Waals surface area contributed by atoms with Gasteiger partial charge in [0.1, 0.15) is 5.69 Å². The minimum atomic E-state index is -0.0772. The summed E-state index contributed by atoms with van der Waals surface area (Å²) in [5.74, 6) is 0.363. The topological polar surface area (TPSA) is 67.4 Å². The molecule has 1 amide bonds. The Bertz CT molecular complexity index is 711. The number of ether oxygens (including phenoxy) is 1. The quantitative estimate of drug-likeness (QED) is 0.942. The molecule has 1 aromatic heterocycles. The zero-order valence-electron chi connectivity index (χ0n) is 13.4. The first-order chi connectivity index (χ1) is 11.1. The first-order valence-electron chi connectivity index (χ1n) is 7.69. The summed E-state index contributed by atoms with van der Waals surface area (Å²) in [4.78, 5) is 23.1. The van der Waals surface area contributed by atoms with Crippen LogP contribution in [0.2, 0.25) is 0 Å². The Labute approximate surface area is 135 Å². The standard InChI is InChI=1S/C17H20N4O2/c1-12-5-3-4-6-14(12)19-17-18-13(2)11-15(20-17)16(22)21-7-9-23-10-8-21/h3-6,11H,7-10H2,1-2H3,(H,18,19,20). The van der Waals surface area contributed by atoms with Crippen molar-refractivity contribution in [3.8, 4) is 0 Å². The number of benzene rings is 1. The Morgan fingerprint density at radius 1 is 1.17 bits per heavy atom. The average Bonchev–Trinajstić information content (AvgIpc) is 2.56. The monoisotopic (exact) mass is 312 g/mol. The van der Waals surface area contributed by atoms with E-state index in [0.29, 0.717) is 37.9 Å². The van der Waals surface area contributed by atoms with E-state index in [9.17, 15) is 4.79 Å². The molecule has 1 N–H and O–H groups in total. The van der Waals surface area contributed by atoms with Crippen LogP contribution in [0.25, 0.3) is 0 Å². The van der Waals surface area contributed by atoms with Crippen molar-refractivity contribution in [3.63, 3.8) is 0 Å². The molecule has 0 saturated carbocycles. The number of nitrogens with one attached hydrogen (secondary N) is 1. The molecule has 1 saturated heterocycles. The Morgan fingerprint density at radius 2 is 1.91 bits per heavy atom. The van der Waals surface area contributed by atoms with Gasteiger partial charge in [-0.2, -0.15) is 0 Å². The molecule has 0 aliphatic carbocycles. The molecule has 120 valence electrons. The van der Waals surface area contributed by atoms with Crippen LogP contribution < -0.4 is 5.32 Å². The number of amides is 1. The average molecular weight is 312 g/mol. The van der Waals surface area contributed by atoms with Crippen LogP contribution in [0.3, 0.4) is 0 Å². The van der Waals surface area contributed by atoms with Crippen LogP contribution in [-0.2, 0) is 4.74 Å². The number of hydrogen-bond donors (Lipinski definition) is 1. The maximum atomic E-state index is 12.6. The normalized spacial score (nSPS) is 14.6. The van der Waals surface area contributed by atoms with Crippen molar-refractivity contribution in [1.29, 1.82) is 0 Å². The van der Waals surface area contributed by atoms with Gasteiger partial charge in [-0.15, -0.1) is 0 Å². The molecule has 0 atom stereocenters. The van der Waals surface area contributed by atoms with E-state index >= 15 is 0 Å². The number of morpholine rings is 1. The third-order valence-corrected chi connectivity index (χ3v) is 3.76. The van der Waals surface area contributed by atoms with Crippen molar-refractivity contribution < 1.29 is 9.53 Å². The van der Waals surface area contributed by atoms with Gasteiger partial charge in [0.05, 0.1) is 13.2 Å². The summed E-state index contributed by atoms with van der Waals surface area (Å²) >= 11 is 0. The van der Waals surface area contributed by atoms with Gasteiger partial charge in [-0.05, 0) is 31.5 Å². The lowest BCUT2D eigenvalue weighted by molar-refractivity contribution is 0.0299. The first kappa shape index (κ1) is 15.4. The summed E-state index contributed by atoms with van der Waals surface area (Å²) in [5.41, 5.74) is 3.20. The van der Waals surface area contributed by atoms with Gasteiger partial charge in [0.2, 0.25) is 5.95 Å². The fourth-order valence-electron chi connectivity index (χ4n) is 2.50. The van der Waals surface area contributed by atoms with Gasteiger partial charge in [0.15, 0.2) is 0 Å². The fraction of sp³-hybridized carbons (Fsp3) is 0.353. The van der Waals surface area contributed by atoms with E-state index < -0.39 is 0 Å². The molecule has 6 heteroatoms. The third kappa shape index (κ3) is 3.65. The maximum absolute atomic E-state index is 12.6. The highest BCUT2D eigenvalue weighted by molar-refractivity contribution is 5.92. The second-order valence-corrected chi connectivity index (χ2v) is 5.56. The van der Waals surface area contributed by atoms with Crippen LogP contribution in [0.1, 0.15) is 21.7 Å². The van der Waals surface area contributed by atoms with E-state index in [1.807, 2.05) is 38.1 Å². The lowest BCUT2D eigenvalue weighted by Crippen LogP contribution is -2.41. The number of aromatic nitrogens is 2. The molecule has 3 rings (SSSR count). The number of rotatable bonds is 3. The lowest BCUT2D eigenvalue weighted by atomic mass is 10.2. The number of carbonyl (C=O) groups excluding carboxylic acids is 1. The molecule has 0 bridgehead atoms. The van der Waals surface area contributed by atoms with Gasteiger partial charge >= 0.3 is 0 Å². The highest BCUT2D eigenvalue weighted by atomic mass is 16.5. The number of hydrogen-bond acceptors (Lipinski definition) is 5. The van der Waals surface area contributed by atoms with E-state index in [1.165, 1.54) is 0 Å². The predicted molar refractivity (Wildman–Crippen MR) is 88.0 cm³/mol. The maximum Gasteiger partial charge on any atom is 0.272 e. The molecule has 0 radical (unpaired) electrons. The fourth-order valence-corrected chi connectivity index (χ4v) is 2.50. The molecular formula is C17H20N4O2. The van der Waals surface area contributed by atoms with Crippen LogP contribution in [-0.4, -0.2) is 47.1 Å². The smallest absolute Gasteiger partial charge is 0.272 e. The molecule has 0 spiro atoms. The molecule has 23 heavy (non-hydrogen) atoms. The second kappa shape index (κ2) is 6.75. The van der Waals surface area contributed by atoms with Gasteiger partial charge < -0.3 is 15.0 Å². The van der Waals surface area contributed by atoms with E-state index in [4.69, 9.17) is 4.74 Å². The Balaban J connectivity index is 1.84. The van der Waals surface area contributed by atoms with Crippen molar-refractivity contribution in [2.24, 2.45) is 0 Å². The number of anilines is 2. The molecule has 2 heterocycles. The van der Waals surface area contributed by atoms with Gasteiger partial charge in [0.25, 0.3) is 5.91 Å². The molecule has 2 aromatic rings. The summed E-state index contributed by atoms with van der Waals surface area (Å²) in [7, 11) is 0. The summed E-state index contributed by atoms with van der Waals surface area (Å²) in [6.45, 7) is 6.22. The van der Waals surface area contributed by atoms with Crippen LogP contribution in [0, 0.1) is 13.8 Å². The minimum Gasteiger partial charge on any atom is -0.378 e. The van der Waals surface area contributed by atoms with Gasteiger partial charge in [-0.25, -0.2) is 9.97 Å². The van der Waals surface area contributed by atoms with Crippen molar-refractivity contribution in [2.45, 2.75) is 13.8 Å². The van der Waals surface area contributed by atoms with Gasteiger partial charge in [0, 0.05) is 24.5 Å². The summed E-state index contributed by atoms with van der Waals surface area (Å²) < 4.78 is 5.29. The highest BCUT2D eigenvalue weighted by Crippen LogP contribution is 2.18. The molecule has 1 fully saturated rings. The van der Waals surface area contributed by atoms with Crippen molar-refractivity contribution >= 4 is 17.5 Å². The SMILES string of the molecule is Cc1cc(C(=O)N2CCOCC2)nc(Nc2ccccc2C)n1. The lowest BCUT2D eigenvalue weighted by Gasteiger charge is -2.26. The second-order valence-electron chi connectivity index (χ2n) is 5.56. The molecule has 0 unspecified atom stereocenters. The zero-order chi connectivity index (χ0) is 16.2. The Morgan fingerprint density at radius 3 is 2.65 bits per heavy atom. The van der Waals surface area contributed by atoms with E-state index in [0.717, 1.165) is 16.9 Å². The molecular weight excluding hydrogens is 292 g/mol. The van der Waals surface area contributed by atoms with Crippen LogP contribution >= 0.6 is 0 Å². The van der Waals surface area contributed by atoms with Gasteiger partial charge in [-0.3, -0.25) is 4.79 Å². The van der Waals surface area contributed by atoms with Gasteiger partial charge in [-0.1, -0.05) is 18.2 Å². The summed E-state index contributed by atoms with van der Waals surface area (Å²) in [6.07, 6.45) is 0. The summed E-state index contributed by atoms with van der Waals surface area (Å²) in [6, 6.07) is 9.62. The minimum absolute atomic E-state index is 0.0772. The van der Waals surface area contributed by atoms with Crippen LogP contribution in [0.15, 0.2) is 30.3 Å². The zero-order valence-corrected chi connectivity index (χ0v) is 13.4. The van der Waals surface area contributed by atoms with Crippen LogP contribution in [0.4, 0.5) is 11.6 Å².